The summed E-state index contributed by atoms with van der Waals surface area (Å²) in [5, 5.41) is 0. The first-order chi connectivity index (χ1) is 14.2. The Kier molecular flexibility index (Phi) is 7.24. The number of carbonyl (C=O) groups is 1. The summed E-state index contributed by atoms with van der Waals surface area (Å²) in [7, 11) is 0. The molecule has 0 aliphatic carbocycles. The van der Waals surface area contributed by atoms with Crippen LogP contribution in [0.2, 0.25) is 0 Å². The van der Waals surface area contributed by atoms with E-state index in [1.165, 1.54) is 18.2 Å². The SMILES string of the molecule is CC(=O)N(CC(C)C)CC1CN(Cc2cc(C)ccc2F)CC1c1ccc(F)cc1. The topological polar surface area (TPSA) is 23.6 Å². The Labute approximate surface area is 178 Å². The fourth-order valence-electron chi connectivity index (χ4n) is 4.48. The summed E-state index contributed by atoms with van der Waals surface area (Å²) in [4.78, 5) is 16.4. The molecule has 2 unspecified atom stereocenters. The first-order valence-electron chi connectivity index (χ1n) is 10.7. The van der Waals surface area contributed by atoms with Gasteiger partial charge in [-0.05, 0) is 42.5 Å². The molecule has 0 spiro atoms. The molecule has 3 nitrogen and oxygen atoms in total. The van der Waals surface area contributed by atoms with Crippen LogP contribution in [0.1, 0.15) is 43.4 Å². The number of nitrogens with zero attached hydrogens (tertiary/aromatic N) is 2. The highest BCUT2D eigenvalue weighted by atomic mass is 19.1. The zero-order chi connectivity index (χ0) is 21.8. The zero-order valence-corrected chi connectivity index (χ0v) is 18.4. The fourth-order valence-corrected chi connectivity index (χ4v) is 4.48. The third-order valence-electron chi connectivity index (χ3n) is 5.90. The maximum Gasteiger partial charge on any atom is 0.219 e. The quantitative estimate of drug-likeness (QED) is 0.637. The molecule has 162 valence electrons. The van der Waals surface area contributed by atoms with Crippen molar-refractivity contribution in [2.24, 2.45) is 11.8 Å². The van der Waals surface area contributed by atoms with Gasteiger partial charge in [-0.3, -0.25) is 9.69 Å². The number of rotatable bonds is 7. The second-order valence-electron chi connectivity index (χ2n) is 9.02. The van der Waals surface area contributed by atoms with E-state index in [4.69, 9.17) is 0 Å². The molecule has 0 radical (unpaired) electrons. The molecule has 2 atom stereocenters. The number of hydrogen-bond donors (Lipinski definition) is 0. The monoisotopic (exact) mass is 414 g/mol. The van der Waals surface area contributed by atoms with E-state index in [0.717, 1.165) is 24.2 Å². The average molecular weight is 415 g/mol. The van der Waals surface area contributed by atoms with Crippen LogP contribution >= 0.6 is 0 Å². The van der Waals surface area contributed by atoms with Crippen molar-refractivity contribution in [2.45, 2.75) is 40.2 Å². The largest absolute Gasteiger partial charge is 0.342 e. The third kappa shape index (κ3) is 5.66. The molecular formula is C25H32F2N2O. The Hall–Kier alpha value is -2.27. The van der Waals surface area contributed by atoms with Gasteiger partial charge in [0.1, 0.15) is 11.6 Å². The number of likely N-dealkylation sites (tertiary alicyclic amines) is 1. The first kappa shape index (κ1) is 22.4. The molecule has 1 heterocycles. The molecule has 2 aromatic carbocycles. The van der Waals surface area contributed by atoms with Crippen LogP contribution in [-0.2, 0) is 11.3 Å². The number of benzene rings is 2. The lowest BCUT2D eigenvalue weighted by atomic mass is 9.88. The second-order valence-corrected chi connectivity index (χ2v) is 9.02. The molecule has 5 heteroatoms. The predicted molar refractivity (Wildman–Crippen MR) is 116 cm³/mol. The van der Waals surface area contributed by atoms with Gasteiger partial charge < -0.3 is 4.90 Å². The Balaban J connectivity index is 1.82. The number of amides is 1. The normalized spacial score (nSPS) is 19.4. The van der Waals surface area contributed by atoms with Gasteiger partial charge in [0.2, 0.25) is 5.91 Å². The van der Waals surface area contributed by atoms with E-state index in [1.54, 1.807) is 13.0 Å². The highest BCUT2D eigenvalue weighted by Crippen LogP contribution is 2.34. The van der Waals surface area contributed by atoms with Gasteiger partial charge in [0.25, 0.3) is 0 Å². The van der Waals surface area contributed by atoms with Crippen molar-refractivity contribution in [3.05, 3.63) is 70.8 Å². The van der Waals surface area contributed by atoms with E-state index in [2.05, 4.69) is 18.7 Å². The van der Waals surface area contributed by atoms with E-state index in [0.29, 0.717) is 31.1 Å². The van der Waals surface area contributed by atoms with Gasteiger partial charge in [-0.2, -0.15) is 0 Å². The molecule has 1 aliphatic heterocycles. The lowest BCUT2D eigenvalue weighted by molar-refractivity contribution is -0.130. The molecule has 0 N–H and O–H groups in total. The first-order valence-corrected chi connectivity index (χ1v) is 10.7. The minimum Gasteiger partial charge on any atom is -0.342 e. The van der Waals surface area contributed by atoms with Crippen molar-refractivity contribution in [3.63, 3.8) is 0 Å². The smallest absolute Gasteiger partial charge is 0.219 e. The standard InChI is InChI=1S/C25H32F2N2O/c1-17(2)12-29(19(4)30)15-22-14-28(13-21-11-18(3)5-10-25(21)27)16-24(22)20-6-8-23(26)9-7-20/h5-11,17,22,24H,12-16H2,1-4H3. The zero-order valence-electron chi connectivity index (χ0n) is 18.4. The Morgan fingerprint density at radius 3 is 2.47 bits per heavy atom. The minimum absolute atomic E-state index is 0.0738. The summed E-state index contributed by atoms with van der Waals surface area (Å²) in [6, 6.07) is 11.9. The van der Waals surface area contributed by atoms with Crippen LogP contribution < -0.4 is 0 Å². The molecule has 0 saturated carbocycles. The van der Waals surface area contributed by atoms with Crippen molar-refractivity contribution in [3.8, 4) is 0 Å². The molecule has 1 aliphatic rings. The predicted octanol–water partition coefficient (Wildman–Crippen LogP) is 4.99. The van der Waals surface area contributed by atoms with Gasteiger partial charge in [-0.25, -0.2) is 8.78 Å². The van der Waals surface area contributed by atoms with Crippen LogP contribution in [0.4, 0.5) is 8.78 Å². The van der Waals surface area contributed by atoms with Crippen LogP contribution in [0, 0.1) is 30.4 Å². The van der Waals surface area contributed by atoms with Crippen LogP contribution in [0.3, 0.4) is 0 Å². The van der Waals surface area contributed by atoms with E-state index >= 15 is 0 Å². The van der Waals surface area contributed by atoms with Crippen LogP contribution in [0.15, 0.2) is 42.5 Å². The van der Waals surface area contributed by atoms with Crippen LogP contribution in [0.25, 0.3) is 0 Å². The van der Waals surface area contributed by atoms with Gasteiger partial charge in [-0.15, -0.1) is 0 Å². The summed E-state index contributed by atoms with van der Waals surface area (Å²) in [6.45, 7) is 11.2. The average Bonchev–Trinajstić information content (AvgIpc) is 3.06. The Bertz CT molecular complexity index is 866. The van der Waals surface area contributed by atoms with Gasteiger partial charge in [0.15, 0.2) is 0 Å². The van der Waals surface area contributed by atoms with E-state index in [-0.39, 0.29) is 29.4 Å². The molecule has 1 saturated heterocycles. The van der Waals surface area contributed by atoms with Gasteiger partial charge in [-0.1, -0.05) is 43.7 Å². The maximum atomic E-state index is 14.3. The summed E-state index contributed by atoms with van der Waals surface area (Å²) in [5.41, 5.74) is 2.80. The molecule has 2 aromatic rings. The van der Waals surface area contributed by atoms with E-state index in [9.17, 15) is 13.6 Å². The summed E-state index contributed by atoms with van der Waals surface area (Å²) in [6.07, 6.45) is 0. The van der Waals surface area contributed by atoms with Gasteiger partial charge in [0.05, 0.1) is 0 Å². The van der Waals surface area contributed by atoms with Crippen LogP contribution in [-0.4, -0.2) is 41.9 Å². The second kappa shape index (κ2) is 9.69. The van der Waals surface area contributed by atoms with Crippen LogP contribution in [0.5, 0.6) is 0 Å². The Morgan fingerprint density at radius 1 is 1.13 bits per heavy atom. The number of hydrogen-bond acceptors (Lipinski definition) is 2. The van der Waals surface area contributed by atoms with Crippen molar-refractivity contribution in [2.75, 3.05) is 26.2 Å². The molecule has 30 heavy (non-hydrogen) atoms. The summed E-state index contributed by atoms with van der Waals surface area (Å²) >= 11 is 0. The highest BCUT2D eigenvalue weighted by molar-refractivity contribution is 5.73. The Morgan fingerprint density at radius 2 is 1.83 bits per heavy atom. The summed E-state index contributed by atoms with van der Waals surface area (Å²) < 4.78 is 27.8. The molecular weight excluding hydrogens is 382 g/mol. The molecule has 1 fully saturated rings. The fraction of sp³-hybridized carbons (Fsp3) is 0.480. The van der Waals surface area contributed by atoms with Crippen molar-refractivity contribution in [1.29, 1.82) is 0 Å². The van der Waals surface area contributed by atoms with Gasteiger partial charge in [0, 0.05) is 51.1 Å². The number of carbonyl (C=O) groups excluding carboxylic acids is 1. The highest BCUT2D eigenvalue weighted by Gasteiger charge is 2.35. The molecule has 1 amide bonds. The maximum absolute atomic E-state index is 14.3. The van der Waals surface area contributed by atoms with Crippen molar-refractivity contribution >= 4 is 5.91 Å². The number of aryl methyl sites for hydroxylation is 1. The lowest BCUT2D eigenvalue weighted by Crippen LogP contribution is -2.38. The number of halogens is 2. The molecule has 0 bridgehead atoms. The summed E-state index contributed by atoms with van der Waals surface area (Å²) in [5.74, 6) is 0.407. The third-order valence-corrected chi connectivity index (χ3v) is 5.90. The van der Waals surface area contributed by atoms with Gasteiger partial charge >= 0.3 is 0 Å². The molecule has 3 rings (SSSR count). The van der Waals surface area contributed by atoms with Crippen molar-refractivity contribution in [1.82, 2.24) is 9.80 Å². The van der Waals surface area contributed by atoms with Crippen molar-refractivity contribution < 1.29 is 13.6 Å². The minimum atomic E-state index is -0.253. The lowest BCUT2D eigenvalue weighted by Gasteiger charge is -2.29. The van der Waals surface area contributed by atoms with E-state index < -0.39 is 0 Å². The molecule has 0 aromatic heterocycles. The van der Waals surface area contributed by atoms with E-state index in [1.807, 2.05) is 30.0 Å².